The van der Waals surface area contributed by atoms with E-state index in [0.717, 1.165) is 32.6 Å². The molecule has 2 rings (SSSR count). The van der Waals surface area contributed by atoms with Gasteiger partial charge in [0.2, 0.25) is 5.91 Å². The number of anilines is 1. The second kappa shape index (κ2) is 8.51. The van der Waals surface area contributed by atoms with Gasteiger partial charge in [0.05, 0.1) is 6.54 Å². The molecule has 0 aliphatic carbocycles. The topological polar surface area (TPSA) is 73.5 Å². The molecule has 22 heavy (non-hydrogen) atoms. The Morgan fingerprint density at radius 1 is 1.27 bits per heavy atom. The van der Waals surface area contributed by atoms with Gasteiger partial charge in [-0.3, -0.25) is 14.5 Å². The molecule has 3 N–H and O–H groups in total. The molecule has 1 aromatic carbocycles. The summed E-state index contributed by atoms with van der Waals surface area (Å²) in [5, 5.41) is 8.93. The van der Waals surface area contributed by atoms with Crippen LogP contribution in [0, 0.1) is 0 Å². The number of hydrogen-bond acceptors (Lipinski definition) is 4. The standard InChI is InChI=1S/C16H24N4O2/c1-2-18-16(22)13-5-3-6-14(11-13)19-15(21)12-20-9-4-7-17-8-10-20/h3,5-6,11,17H,2,4,7-10,12H2,1H3,(H,18,22)(H,19,21). The van der Waals surface area contributed by atoms with Crippen molar-refractivity contribution in [3.05, 3.63) is 29.8 Å². The van der Waals surface area contributed by atoms with E-state index in [9.17, 15) is 9.59 Å². The van der Waals surface area contributed by atoms with E-state index < -0.39 is 0 Å². The van der Waals surface area contributed by atoms with Crippen LogP contribution in [0.1, 0.15) is 23.7 Å². The largest absolute Gasteiger partial charge is 0.352 e. The number of nitrogens with one attached hydrogen (secondary N) is 3. The molecule has 2 amide bonds. The van der Waals surface area contributed by atoms with Crippen molar-refractivity contribution >= 4 is 17.5 Å². The molecule has 0 bridgehead atoms. The van der Waals surface area contributed by atoms with Crippen molar-refractivity contribution < 1.29 is 9.59 Å². The zero-order valence-electron chi connectivity index (χ0n) is 13.0. The van der Waals surface area contributed by atoms with Crippen molar-refractivity contribution in [2.75, 3.05) is 44.6 Å². The van der Waals surface area contributed by atoms with Crippen LogP contribution in [0.15, 0.2) is 24.3 Å². The van der Waals surface area contributed by atoms with Gasteiger partial charge in [-0.25, -0.2) is 0 Å². The Labute approximate surface area is 131 Å². The van der Waals surface area contributed by atoms with Crippen LogP contribution < -0.4 is 16.0 Å². The highest BCUT2D eigenvalue weighted by Crippen LogP contribution is 2.11. The fourth-order valence-electron chi connectivity index (χ4n) is 2.46. The van der Waals surface area contributed by atoms with Crippen LogP contribution in [-0.4, -0.2) is 56.0 Å². The first kappa shape index (κ1) is 16.5. The van der Waals surface area contributed by atoms with Crippen LogP contribution in [0.2, 0.25) is 0 Å². The van der Waals surface area contributed by atoms with Gasteiger partial charge in [0.15, 0.2) is 0 Å². The molecule has 0 radical (unpaired) electrons. The van der Waals surface area contributed by atoms with Crippen molar-refractivity contribution in [3.63, 3.8) is 0 Å². The van der Waals surface area contributed by atoms with Crippen LogP contribution in [0.4, 0.5) is 5.69 Å². The summed E-state index contributed by atoms with van der Waals surface area (Å²) in [5.74, 6) is -0.174. The molecular weight excluding hydrogens is 280 g/mol. The molecule has 0 atom stereocenters. The van der Waals surface area contributed by atoms with Crippen LogP contribution in [0.3, 0.4) is 0 Å². The van der Waals surface area contributed by atoms with Crippen molar-refractivity contribution in [2.45, 2.75) is 13.3 Å². The third-order valence-corrected chi connectivity index (χ3v) is 3.55. The summed E-state index contributed by atoms with van der Waals surface area (Å²) in [5.41, 5.74) is 1.21. The predicted molar refractivity (Wildman–Crippen MR) is 87.0 cm³/mol. The van der Waals surface area contributed by atoms with Crippen molar-refractivity contribution in [3.8, 4) is 0 Å². The van der Waals surface area contributed by atoms with Gasteiger partial charge < -0.3 is 16.0 Å². The number of hydrogen-bond donors (Lipinski definition) is 3. The van der Waals surface area contributed by atoms with Gasteiger partial charge in [0.1, 0.15) is 0 Å². The van der Waals surface area contributed by atoms with Crippen LogP contribution >= 0.6 is 0 Å². The van der Waals surface area contributed by atoms with E-state index in [1.165, 1.54) is 0 Å². The third-order valence-electron chi connectivity index (χ3n) is 3.55. The Morgan fingerprint density at radius 3 is 2.95 bits per heavy atom. The van der Waals surface area contributed by atoms with Gasteiger partial charge in [0.25, 0.3) is 5.91 Å². The summed E-state index contributed by atoms with van der Waals surface area (Å²) < 4.78 is 0. The SMILES string of the molecule is CCNC(=O)c1cccc(NC(=O)CN2CCCNCC2)c1. The van der Waals surface area contributed by atoms with E-state index >= 15 is 0 Å². The van der Waals surface area contributed by atoms with E-state index in [1.54, 1.807) is 24.3 Å². The van der Waals surface area contributed by atoms with Crippen molar-refractivity contribution in [1.82, 2.24) is 15.5 Å². The third kappa shape index (κ3) is 5.13. The molecule has 6 heteroatoms. The van der Waals surface area contributed by atoms with E-state index in [2.05, 4.69) is 20.9 Å². The van der Waals surface area contributed by atoms with Gasteiger partial charge in [0, 0.05) is 30.9 Å². The average Bonchev–Trinajstić information content (AvgIpc) is 2.76. The Hall–Kier alpha value is -1.92. The van der Waals surface area contributed by atoms with Gasteiger partial charge in [-0.15, -0.1) is 0 Å². The minimum absolute atomic E-state index is 0.0463. The molecule has 1 aliphatic heterocycles. The van der Waals surface area contributed by atoms with Crippen molar-refractivity contribution in [1.29, 1.82) is 0 Å². The smallest absolute Gasteiger partial charge is 0.251 e. The van der Waals surface area contributed by atoms with Gasteiger partial charge in [-0.2, -0.15) is 0 Å². The lowest BCUT2D eigenvalue weighted by molar-refractivity contribution is -0.117. The lowest BCUT2D eigenvalue weighted by Gasteiger charge is -2.18. The normalized spacial score (nSPS) is 15.9. The minimum Gasteiger partial charge on any atom is -0.352 e. The highest BCUT2D eigenvalue weighted by Gasteiger charge is 2.13. The second-order valence-electron chi connectivity index (χ2n) is 5.37. The number of nitrogens with zero attached hydrogens (tertiary/aromatic N) is 1. The first-order valence-electron chi connectivity index (χ1n) is 7.80. The molecule has 1 saturated heterocycles. The Kier molecular flexibility index (Phi) is 6.36. The maximum Gasteiger partial charge on any atom is 0.251 e. The molecule has 1 aromatic rings. The Bertz CT molecular complexity index is 511. The number of carbonyl (C=O) groups is 2. The first-order valence-corrected chi connectivity index (χ1v) is 7.80. The minimum atomic E-state index is -0.128. The number of carbonyl (C=O) groups excluding carboxylic acids is 2. The first-order chi connectivity index (χ1) is 10.7. The fourth-order valence-corrected chi connectivity index (χ4v) is 2.46. The van der Waals surface area contributed by atoms with Gasteiger partial charge in [-0.1, -0.05) is 6.07 Å². The predicted octanol–water partition coefficient (Wildman–Crippen LogP) is 0.670. The molecule has 0 aromatic heterocycles. The van der Waals surface area contributed by atoms with Gasteiger partial charge in [-0.05, 0) is 44.6 Å². The quantitative estimate of drug-likeness (QED) is 0.747. The molecule has 6 nitrogen and oxygen atoms in total. The Balaban J connectivity index is 1.90. The summed E-state index contributed by atoms with van der Waals surface area (Å²) >= 11 is 0. The second-order valence-corrected chi connectivity index (χ2v) is 5.37. The van der Waals surface area contributed by atoms with E-state index in [4.69, 9.17) is 0 Å². The van der Waals surface area contributed by atoms with Gasteiger partial charge >= 0.3 is 0 Å². The van der Waals surface area contributed by atoms with Crippen LogP contribution in [-0.2, 0) is 4.79 Å². The molecular formula is C16H24N4O2. The molecule has 1 heterocycles. The summed E-state index contributed by atoms with van der Waals surface area (Å²) in [7, 11) is 0. The number of amides is 2. The molecule has 120 valence electrons. The maximum atomic E-state index is 12.1. The summed E-state index contributed by atoms with van der Waals surface area (Å²) in [6, 6.07) is 7.01. The molecule has 0 unspecified atom stereocenters. The number of rotatable bonds is 5. The van der Waals surface area contributed by atoms with Crippen LogP contribution in [0.25, 0.3) is 0 Å². The summed E-state index contributed by atoms with van der Waals surface area (Å²) in [6.45, 7) is 6.57. The van der Waals surface area contributed by atoms with E-state index in [1.807, 2.05) is 6.92 Å². The zero-order valence-corrected chi connectivity index (χ0v) is 13.0. The maximum absolute atomic E-state index is 12.1. The average molecular weight is 304 g/mol. The highest BCUT2D eigenvalue weighted by molar-refractivity contribution is 5.97. The van der Waals surface area contributed by atoms with Crippen molar-refractivity contribution in [2.24, 2.45) is 0 Å². The summed E-state index contributed by atoms with van der Waals surface area (Å²) in [6.07, 6.45) is 1.06. The summed E-state index contributed by atoms with van der Waals surface area (Å²) in [4.78, 5) is 26.1. The molecule has 0 saturated carbocycles. The lowest BCUT2D eigenvalue weighted by atomic mass is 10.2. The zero-order chi connectivity index (χ0) is 15.8. The lowest BCUT2D eigenvalue weighted by Crippen LogP contribution is -2.35. The number of benzene rings is 1. The monoisotopic (exact) mass is 304 g/mol. The molecule has 1 fully saturated rings. The molecule has 0 spiro atoms. The fraction of sp³-hybridized carbons (Fsp3) is 0.500. The Morgan fingerprint density at radius 2 is 2.14 bits per heavy atom. The highest BCUT2D eigenvalue weighted by atomic mass is 16.2. The van der Waals surface area contributed by atoms with Crippen LogP contribution in [0.5, 0.6) is 0 Å². The van der Waals surface area contributed by atoms with E-state index in [0.29, 0.717) is 24.3 Å². The molecule has 1 aliphatic rings. The van der Waals surface area contributed by atoms with E-state index in [-0.39, 0.29) is 11.8 Å².